The van der Waals surface area contributed by atoms with Crippen LogP contribution < -0.4 is 10.5 Å². The molecule has 1 saturated heterocycles. The van der Waals surface area contributed by atoms with Gasteiger partial charge in [0, 0.05) is 38.1 Å². The molecule has 1 aliphatic heterocycles. The van der Waals surface area contributed by atoms with E-state index in [2.05, 4.69) is 9.88 Å². The first-order valence-electron chi connectivity index (χ1n) is 8.28. The molecule has 2 aromatic rings. The second-order valence-electron chi connectivity index (χ2n) is 7.15. The maximum Gasteiger partial charge on any atom is 0.410 e. The lowest BCUT2D eigenvalue weighted by molar-refractivity contribution is 0.0240. The number of pyridine rings is 1. The molecule has 2 heterocycles. The van der Waals surface area contributed by atoms with E-state index < -0.39 is 5.60 Å². The number of rotatable bonds is 1. The van der Waals surface area contributed by atoms with Crippen LogP contribution in [0.1, 0.15) is 20.8 Å². The predicted molar refractivity (Wildman–Crippen MR) is 99.6 cm³/mol. The van der Waals surface area contributed by atoms with Gasteiger partial charge in [-0.15, -0.1) is 0 Å². The van der Waals surface area contributed by atoms with E-state index in [4.69, 9.17) is 16.3 Å². The average Bonchev–Trinajstić information content (AvgIpc) is 2.53. The number of aromatic amines is 1. The van der Waals surface area contributed by atoms with Crippen LogP contribution in [0.2, 0.25) is 5.02 Å². The Hall–Kier alpha value is -2.21. The zero-order valence-corrected chi connectivity index (χ0v) is 15.4. The van der Waals surface area contributed by atoms with Crippen molar-refractivity contribution in [1.29, 1.82) is 0 Å². The zero-order chi connectivity index (χ0) is 18.2. The third-order valence-electron chi connectivity index (χ3n) is 4.11. The number of H-pyrrole nitrogens is 1. The van der Waals surface area contributed by atoms with Crippen LogP contribution in [0.15, 0.2) is 29.2 Å². The molecule has 7 heteroatoms. The minimum Gasteiger partial charge on any atom is -0.444 e. The van der Waals surface area contributed by atoms with Gasteiger partial charge in [0.25, 0.3) is 5.56 Å². The van der Waals surface area contributed by atoms with Gasteiger partial charge in [0.1, 0.15) is 5.60 Å². The summed E-state index contributed by atoms with van der Waals surface area (Å²) in [5.41, 5.74) is 0.267. The van der Waals surface area contributed by atoms with Crippen LogP contribution >= 0.6 is 11.6 Å². The molecule has 1 amide bonds. The molecule has 0 unspecified atom stereocenters. The highest BCUT2D eigenvalue weighted by Crippen LogP contribution is 2.28. The van der Waals surface area contributed by atoms with Crippen LogP contribution in [0.3, 0.4) is 0 Å². The summed E-state index contributed by atoms with van der Waals surface area (Å²) in [7, 11) is 0. The van der Waals surface area contributed by atoms with Crippen molar-refractivity contribution in [3.05, 3.63) is 39.8 Å². The van der Waals surface area contributed by atoms with Gasteiger partial charge >= 0.3 is 6.09 Å². The van der Waals surface area contributed by atoms with Crippen molar-refractivity contribution in [3.8, 4) is 0 Å². The summed E-state index contributed by atoms with van der Waals surface area (Å²) in [5, 5.41) is 1.74. The first kappa shape index (κ1) is 17.6. The Balaban J connectivity index is 1.74. The molecule has 1 N–H and O–H groups in total. The van der Waals surface area contributed by atoms with Gasteiger partial charge in [-0.2, -0.15) is 0 Å². The average molecular weight is 364 g/mol. The molecule has 0 aliphatic carbocycles. The van der Waals surface area contributed by atoms with Crippen LogP contribution in [0.5, 0.6) is 0 Å². The van der Waals surface area contributed by atoms with E-state index in [1.165, 1.54) is 0 Å². The Kier molecular flexibility index (Phi) is 4.64. The number of hydrogen-bond acceptors (Lipinski definition) is 4. The van der Waals surface area contributed by atoms with Crippen LogP contribution in [0, 0.1) is 0 Å². The third kappa shape index (κ3) is 3.90. The van der Waals surface area contributed by atoms with Crippen molar-refractivity contribution in [2.75, 3.05) is 31.1 Å². The SMILES string of the molecule is CC(C)(C)OC(=O)N1CCN(c2cc(Cl)c3c(=O)[nH]ccc3c2)CC1. The summed E-state index contributed by atoms with van der Waals surface area (Å²) in [4.78, 5) is 30.6. The highest BCUT2D eigenvalue weighted by Gasteiger charge is 2.26. The van der Waals surface area contributed by atoms with Crippen molar-refractivity contribution < 1.29 is 9.53 Å². The maximum atomic E-state index is 12.1. The van der Waals surface area contributed by atoms with Crippen LogP contribution in [0.4, 0.5) is 10.5 Å². The summed E-state index contributed by atoms with van der Waals surface area (Å²) in [6.07, 6.45) is 1.33. The monoisotopic (exact) mass is 363 g/mol. The lowest BCUT2D eigenvalue weighted by atomic mass is 10.1. The summed E-state index contributed by atoms with van der Waals surface area (Å²) in [5.74, 6) is 0. The molecule has 1 aromatic heterocycles. The molecule has 1 aliphatic rings. The first-order chi connectivity index (χ1) is 11.7. The fourth-order valence-electron chi connectivity index (χ4n) is 2.92. The molecule has 0 bridgehead atoms. The fraction of sp³-hybridized carbons (Fsp3) is 0.444. The summed E-state index contributed by atoms with van der Waals surface area (Å²) in [6, 6.07) is 5.60. The number of piperazine rings is 1. The van der Waals surface area contributed by atoms with Crippen LogP contribution in [-0.4, -0.2) is 47.8 Å². The number of carbonyl (C=O) groups is 1. The van der Waals surface area contributed by atoms with Gasteiger partial charge in [-0.25, -0.2) is 4.79 Å². The Morgan fingerprint density at radius 3 is 2.52 bits per heavy atom. The third-order valence-corrected chi connectivity index (χ3v) is 4.40. The van der Waals surface area contributed by atoms with Crippen molar-refractivity contribution >= 4 is 34.2 Å². The van der Waals surface area contributed by atoms with E-state index in [9.17, 15) is 9.59 Å². The number of carbonyl (C=O) groups excluding carboxylic acids is 1. The minimum atomic E-state index is -0.493. The molecule has 25 heavy (non-hydrogen) atoms. The summed E-state index contributed by atoms with van der Waals surface area (Å²) >= 11 is 6.31. The normalized spacial score (nSPS) is 15.5. The number of nitrogens with zero attached hydrogens (tertiary/aromatic N) is 2. The van der Waals surface area contributed by atoms with Crippen molar-refractivity contribution in [3.63, 3.8) is 0 Å². The lowest BCUT2D eigenvalue weighted by Gasteiger charge is -2.36. The number of nitrogens with one attached hydrogen (secondary N) is 1. The molecule has 1 fully saturated rings. The first-order valence-corrected chi connectivity index (χ1v) is 8.66. The Bertz CT molecular complexity index is 849. The van der Waals surface area contributed by atoms with Crippen molar-refractivity contribution in [2.45, 2.75) is 26.4 Å². The maximum absolute atomic E-state index is 12.1. The number of anilines is 1. The number of halogens is 1. The molecule has 134 valence electrons. The van der Waals surface area contributed by atoms with Gasteiger partial charge < -0.3 is 19.5 Å². The lowest BCUT2D eigenvalue weighted by Crippen LogP contribution is -2.50. The Morgan fingerprint density at radius 2 is 1.88 bits per heavy atom. The number of aromatic nitrogens is 1. The van der Waals surface area contributed by atoms with E-state index in [-0.39, 0.29) is 11.7 Å². The van der Waals surface area contributed by atoms with Gasteiger partial charge in [-0.3, -0.25) is 4.79 Å². The van der Waals surface area contributed by atoms with Crippen LogP contribution in [-0.2, 0) is 4.74 Å². The summed E-state index contributed by atoms with van der Waals surface area (Å²) < 4.78 is 5.42. The fourth-order valence-corrected chi connectivity index (χ4v) is 3.23. The zero-order valence-electron chi connectivity index (χ0n) is 14.6. The highest BCUT2D eigenvalue weighted by molar-refractivity contribution is 6.35. The molecule has 0 radical (unpaired) electrons. The van der Waals surface area contributed by atoms with E-state index in [1.54, 1.807) is 11.1 Å². The summed E-state index contributed by atoms with van der Waals surface area (Å²) in [6.45, 7) is 8.12. The molecule has 0 spiro atoms. The van der Waals surface area contributed by atoms with Gasteiger partial charge in [0.15, 0.2) is 0 Å². The van der Waals surface area contributed by atoms with E-state index >= 15 is 0 Å². The Labute approximate surface area is 151 Å². The molecular weight excluding hydrogens is 342 g/mol. The van der Waals surface area contributed by atoms with Gasteiger partial charge in [-0.05, 0) is 44.4 Å². The number of amides is 1. The van der Waals surface area contributed by atoms with E-state index in [0.29, 0.717) is 36.6 Å². The van der Waals surface area contributed by atoms with Gasteiger partial charge in [-0.1, -0.05) is 11.6 Å². The number of hydrogen-bond donors (Lipinski definition) is 1. The highest BCUT2D eigenvalue weighted by atomic mass is 35.5. The van der Waals surface area contributed by atoms with Crippen LogP contribution in [0.25, 0.3) is 10.8 Å². The second-order valence-corrected chi connectivity index (χ2v) is 7.56. The van der Waals surface area contributed by atoms with Gasteiger partial charge in [0.2, 0.25) is 0 Å². The second kappa shape index (κ2) is 6.59. The van der Waals surface area contributed by atoms with E-state index in [0.717, 1.165) is 11.1 Å². The molecule has 3 rings (SSSR count). The molecule has 6 nitrogen and oxygen atoms in total. The number of fused-ring (bicyclic) bond motifs is 1. The van der Waals surface area contributed by atoms with Crippen molar-refractivity contribution in [1.82, 2.24) is 9.88 Å². The van der Waals surface area contributed by atoms with Gasteiger partial charge in [0.05, 0.1) is 10.4 Å². The quantitative estimate of drug-likeness (QED) is 0.844. The number of benzene rings is 1. The minimum absolute atomic E-state index is 0.191. The number of ether oxygens (including phenoxy) is 1. The van der Waals surface area contributed by atoms with E-state index in [1.807, 2.05) is 39.0 Å². The standard InChI is InChI=1S/C18H22ClN3O3/c1-18(2,3)25-17(24)22-8-6-21(7-9-22)13-10-12-4-5-20-16(23)15(12)14(19)11-13/h4-5,10-11H,6-9H2,1-3H3,(H,20,23). The molecule has 1 aromatic carbocycles. The topological polar surface area (TPSA) is 65.6 Å². The molecular formula is C18H22ClN3O3. The molecule has 0 saturated carbocycles. The smallest absolute Gasteiger partial charge is 0.410 e. The van der Waals surface area contributed by atoms with Crippen molar-refractivity contribution in [2.24, 2.45) is 0 Å². The predicted octanol–water partition coefficient (Wildman–Crippen LogP) is 3.24. The largest absolute Gasteiger partial charge is 0.444 e. The molecule has 0 atom stereocenters. The Morgan fingerprint density at radius 1 is 1.20 bits per heavy atom.